The molecule has 6 unspecified atom stereocenters. The number of ketones is 2. The van der Waals surface area contributed by atoms with E-state index in [4.69, 9.17) is 4.74 Å². The first-order valence-electron chi connectivity index (χ1n) is 17.4. The lowest BCUT2D eigenvalue weighted by atomic mass is 9.39. The summed E-state index contributed by atoms with van der Waals surface area (Å²) in [6.07, 6.45) is 12.6. The van der Waals surface area contributed by atoms with E-state index in [9.17, 15) is 19.6 Å². The maximum Gasteiger partial charge on any atom is 0.306 e. The molecule has 44 heavy (non-hydrogen) atoms. The molecule has 242 valence electrons. The summed E-state index contributed by atoms with van der Waals surface area (Å²) in [5, 5.41) is 13.3. The van der Waals surface area contributed by atoms with Crippen molar-refractivity contribution in [2.75, 3.05) is 13.1 Å². The number of piperidine rings is 1. The molecule has 0 aromatic heterocycles. The van der Waals surface area contributed by atoms with Crippen LogP contribution in [0.5, 0.6) is 0 Å². The number of fused-ring (bicyclic) bond motifs is 5. The standard InChI is InChI=1S/C38H56N2O4/c1-9-34(2,3)22-27-32-26(10-15-36(27,6)16-12-31(42)44-25-13-18-40-19-14-25)37(7)17-11-29-35(4,5)33(43)24(23-39)21-38(29,8)30(37)20-28(32)41/h20-21,25-27,29,32,40H,9-19,22H2,1-8H3/t26?,27?,29?,32?,36-,37?,38?/m1/s1. The van der Waals surface area contributed by atoms with Gasteiger partial charge in [-0.2, -0.15) is 5.26 Å². The van der Waals surface area contributed by atoms with Gasteiger partial charge in [-0.15, -0.1) is 0 Å². The quantitative estimate of drug-likeness (QED) is 0.302. The zero-order valence-corrected chi connectivity index (χ0v) is 28.6. The Morgan fingerprint density at radius 1 is 1.07 bits per heavy atom. The number of carbonyl (C=O) groups excluding carboxylic acids is 3. The first kappa shape index (κ1) is 33.1. The van der Waals surface area contributed by atoms with Gasteiger partial charge >= 0.3 is 5.97 Å². The highest BCUT2D eigenvalue weighted by atomic mass is 16.5. The van der Waals surface area contributed by atoms with E-state index in [0.717, 1.165) is 76.5 Å². The number of ether oxygens (including phenoxy) is 1. The summed E-state index contributed by atoms with van der Waals surface area (Å²) >= 11 is 0. The van der Waals surface area contributed by atoms with Crippen LogP contribution in [0.4, 0.5) is 0 Å². The molecule has 1 N–H and O–H groups in total. The lowest BCUT2D eigenvalue weighted by Crippen LogP contribution is -2.59. The van der Waals surface area contributed by atoms with Crippen LogP contribution in [0, 0.1) is 62.1 Å². The van der Waals surface area contributed by atoms with Crippen LogP contribution < -0.4 is 5.32 Å². The maximum atomic E-state index is 14.6. The topological polar surface area (TPSA) is 96.3 Å². The number of Topliss-reactive ketones (excluding diaryl/α,β-unsaturated/α-hetero) is 1. The molecule has 1 aliphatic heterocycles. The molecule has 0 radical (unpaired) electrons. The van der Waals surface area contributed by atoms with E-state index in [1.54, 1.807) is 0 Å². The van der Waals surface area contributed by atoms with Crippen molar-refractivity contribution < 1.29 is 19.1 Å². The number of nitrogens with one attached hydrogen (secondary N) is 1. The summed E-state index contributed by atoms with van der Waals surface area (Å²) in [6, 6.07) is 2.20. The summed E-state index contributed by atoms with van der Waals surface area (Å²) in [6.45, 7) is 19.5. The second kappa shape index (κ2) is 11.5. The molecular weight excluding hydrogens is 548 g/mol. The SMILES string of the molecule is CCC(C)(C)CC1C2C(=O)C=C3C4(C)C=C(C#N)C(=O)C(C)(C)C4CCC3(C)C2CC[C@]1(C)CCC(=O)OC1CCNCC1. The van der Waals surface area contributed by atoms with Crippen LogP contribution in [-0.4, -0.2) is 36.7 Å². The third-order valence-electron chi connectivity index (χ3n) is 13.6. The first-order chi connectivity index (χ1) is 20.5. The summed E-state index contributed by atoms with van der Waals surface area (Å²) in [5.41, 5.74) is -0.0116. The molecular formula is C38H56N2O4. The molecule has 0 bridgehead atoms. The molecule has 5 rings (SSSR count). The monoisotopic (exact) mass is 604 g/mol. The molecule has 7 atom stereocenters. The van der Waals surface area contributed by atoms with E-state index in [1.165, 1.54) is 0 Å². The fraction of sp³-hybridized carbons (Fsp3) is 0.789. The minimum absolute atomic E-state index is 0.0118. The van der Waals surface area contributed by atoms with Gasteiger partial charge in [0.15, 0.2) is 11.6 Å². The van der Waals surface area contributed by atoms with E-state index < -0.39 is 10.8 Å². The molecule has 2 saturated carbocycles. The van der Waals surface area contributed by atoms with Crippen molar-refractivity contribution in [3.63, 3.8) is 0 Å². The van der Waals surface area contributed by atoms with Gasteiger partial charge in [0.05, 0.1) is 5.57 Å². The second-order valence-corrected chi connectivity index (χ2v) is 17.1. The molecule has 1 saturated heterocycles. The number of rotatable bonds is 7. The summed E-state index contributed by atoms with van der Waals surface area (Å²) in [4.78, 5) is 40.9. The zero-order valence-electron chi connectivity index (χ0n) is 28.6. The lowest BCUT2D eigenvalue weighted by molar-refractivity contribution is -0.152. The Morgan fingerprint density at radius 3 is 2.39 bits per heavy atom. The fourth-order valence-electron chi connectivity index (χ4n) is 10.5. The van der Waals surface area contributed by atoms with Crippen LogP contribution in [-0.2, 0) is 19.1 Å². The Bertz CT molecular complexity index is 1300. The Balaban J connectivity index is 1.49. The molecule has 0 aromatic rings. The summed E-state index contributed by atoms with van der Waals surface area (Å²) in [5.74, 6) is 0.389. The highest BCUT2D eigenvalue weighted by Gasteiger charge is 2.64. The van der Waals surface area contributed by atoms with Gasteiger partial charge in [0, 0.05) is 23.2 Å². The molecule has 6 heteroatoms. The van der Waals surface area contributed by atoms with Crippen molar-refractivity contribution in [2.24, 2.45) is 50.7 Å². The lowest BCUT2D eigenvalue weighted by Gasteiger charge is -2.64. The molecule has 0 spiro atoms. The maximum absolute atomic E-state index is 14.6. The summed E-state index contributed by atoms with van der Waals surface area (Å²) < 4.78 is 5.90. The third kappa shape index (κ3) is 5.44. The van der Waals surface area contributed by atoms with Crippen LogP contribution in [0.25, 0.3) is 0 Å². The first-order valence-corrected chi connectivity index (χ1v) is 17.4. The predicted molar refractivity (Wildman–Crippen MR) is 172 cm³/mol. The number of hydrogen-bond donors (Lipinski definition) is 1. The predicted octanol–water partition coefficient (Wildman–Crippen LogP) is 7.53. The molecule has 4 aliphatic carbocycles. The van der Waals surface area contributed by atoms with Crippen LogP contribution in [0.1, 0.15) is 120 Å². The molecule has 1 heterocycles. The molecule has 5 aliphatic rings. The Hall–Kier alpha value is -2.26. The van der Waals surface area contributed by atoms with Gasteiger partial charge in [0.1, 0.15) is 12.2 Å². The molecule has 0 amide bonds. The van der Waals surface area contributed by atoms with Gasteiger partial charge in [-0.1, -0.05) is 73.5 Å². The Labute approximate surface area is 265 Å². The van der Waals surface area contributed by atoms with E-state index in [2.05, 4.69) is 52.9 Å². The average Bonchev–Trinajstić information content (AvgIpc) is 2.97. The van der Waals surface area contributed by atoms with E-state index in [0.29, 0.717) is 6.42 Å². The van der Waals surface area contributed by atoms with Crippen molar-refractivity contribution in [3.05, 3.63) is 23.3 Å². The molecule has 6 nitrogen and oxygen atoms in total. The van der Waals surface area contributed by atoms with Crippen molar-refractivity contribution in [3.8, 4) is 6.07 Å². The highest BCUT2D eigenvalue weighted by molar-refractivity contribution is 6.04. The smallest absolute Gasteiger partial charge is 0.306 e. The number of esters is 1. The van der Waals surface area contributed by atoms with E-state index in [-0.39, 0.29) is 69.1 Å². The van der Waals surface area contributed by atoms with Gasteiger partial charge in [-0.05, 0) is 105 Å². The van der Waals surface area contributed by atoms with Gasteiger partial charge in [-0.25, -0.2) is 0 Å². The molecule has 3 fully saturated rings. The largest absolute Gasteiger partial charge is 0.462 e. The van der Waals surface area contributed by atoms with Crippen LogP contribution in [0.2, 0.25) is 0 Å². The third-order valence-corrected chi connectivity index (χ3v) is 13.6. The Kier molecular flexibility index (Phi) is 8.67. The van der Waals surface area contributed by atoms with Crippen molar-refractivity contribution in [2.45, 2.75) is 126 Å². The Morgan fingerprint density at radius 2 is 1.75 bits per heavy atom. The van der Waals surface area contributed by atoms with Gasteiger partial charge < -0.3 is 10.1 Å². The zero-order chi connectivity index (χ0) is 32.3. The molecule has 0 aromatic carbocycles. The van der Waals surface area contributed by atoms with Crippen molar-refractivity contribution in [1.29, 1.82) is 5.26 Å². The average molecular weight is 605 g/mol. The van der Waals surface area contributed by atoms with Crippen molar-refractivity contribution >= 4 is 17.5 Å². The van der Waals surface area contributed by atoms with Crippen molar-refractivity contribution in [1.82, 2.24) is 5.32 Å². The highest BCUT2D eigenvalue weighted by Crippen LogP contribution is 2.69. The van der Waals surface area contributed by atoms with E-state index in [1.807, 2.05) is 26.0 Å². The van der Waals surface area contributed by atoms with Gasteiger partial charge in [-0.3, -0.25) is 14.4 Å². The fourth-order valence-corrected chi connectivity index (χ4v) is 10.5. The number of nitrogens with zero attached hydrogens (tertiary/aromatic N) is 1. The van der Waals surface area contributed by atoms with Crippen LogP contribution >= 0.6 is 0 Å². The minimum Gasteiger partial charge on any atom is -0.462 e. The van der Waals surface area contributed by atoms with Gasteiger partial charge in [0.25, 0.3) is 0 Å². The van der Waals surface area contributed by atoms with E-state index >= 15 is 0 Å². The second-order valence-electron chi connectivity index (χ2n) is 17.1. The normalized spacial score (nSPS) is 38.8. The minimum atomic E-state index is -0.655. The van der Waals surface area contributed by atoms with Crippen LogP contribution in [0.15, 0.2) is 23.3 Å². The van der Waals surface area contributed by atoms with Gasteiger partial charge in [0.2, 0.25) is 0 Å². The number of carbonyl (C=O) groups is 3. The number of allylic oxidation sites excluding steroid dienone is 4. The van der Waals surface area contributed by atoms with Crippen LogP contribution in [0.3, 0.4) is 0 Å². The number of nitriles is 1. The number of hydrogen-bond acceptors (Lipinski definition) is 6. The summed E-state index contributed by atoms with van der Waals surface area (Å²) in [7, 11) is 0.